The van der Waals surface area contributed by atoms with Crippen molar-refractivity contribution >= 4 is 16.7 Å². The van der Waals surface area contributed by atoms with Gasteiger partial charge < -0.3 is 9.46 Å². The molecule has 0 spiro atoms. The van der Waals surface area contributed by atoms with Crippen molar-refractivity contribution in [1.29, 1.82) is 0 Å². The number of nitrogens with one attached hydrogen (secondary N) is 1. The van der Waals surface area contributed by atoms with Crippen LogP contribution in [0.15, 0.2) is 18.5 Å². The molecule has 8 heteroatoms. The van der Waals surface area contributed by atoms with Gasteiger partial charge in [-0.2, -0.15) is 0 Å². The quantitative estimate of drug-likeness (QED) is 0.894. The number of halogens is 3. The van der Waals surface area contributed by atoms with Gasteiger partial charge in [-0.05, 0) is 0 Å². The smallest absolute Gasteiger partial charge is 0.404 e. The molecule has 0 aromatic carbocycles. The van der Waals surface area contributed by atoms with E-state index in [-0.39, 0.29) is 5.69 Å². The molecular formula is C8H9F3N2O2S. The number of hydrogen-bond acceptors (Lipinski definition) is 3. The second-order valence-corrected chi connectivity index (χ2v) is 4.17. The maximum atomic E-state index is 11.9. The molecule has 90 valence electrons. The van der Waals surface area contributed by atoms with E-state index in [1.807, 2.05) is 0 Å². The molecule has 1 N–H and O–H groups in total. The standard InChI is InChI=1S/C8H9F3N2O2S/c1-2-16(14)13-6-3-7(5-12-4-6)15-8(9,10)11/h3-5,13H,2H2,1H3. The largest absolute Gasteiger partial charge is 0.573 e. The first-order valence-electron chi connectivity index (χ1n) is 4.26. The molecule has 1 rings (SSSR count). The summed E-state index contributed by atoms with van der Waals surface area (Å²) in [6, 6.07) is 1.08. The van der Waals surface area contributed by atoms with E-state index in [9.17, 15) is 17.4 Å². The fraction of sp³-hybridized carbons (Fsp3) is 0.375. The van der Waals surface area contributed by atoms with Gasteiger partial charge in [-0.1, -0.05) is 6.92 Å². The summed E-state index contributed by atoms with van der Waals surface area (Å²) in [5.74, 6) is -0.115. The Morgan fingerprint density at radius 2 is 2.19 bits per heavy atom. The predicted octanol–water partition coefficient (Wildman–Crippen LogP) is 2.08. The maximum Gasteiger partial charge on any atom is 0.573 e. The van der Waals surface area contributed by atoms with Gasteiger partial charge in [0.25, 0.3) is 0 Å². The third-order valence-corrected chi connectivity index (χ3v) is 2.43. The normalized spacial score (nSPS) is 13.2. The lowest BCUT2D eigenvalue weighted by atomic mass is 10.4. The lowest BCUT2D eigenvalue weighted by Crippen LogP contribution is -2.17. The fourth-order valence-corrected chi connectivity index (χ4v) is 1.39. The molecule has 0 radical (unpaired) electrons. The second kappa shape index (κ2) is 5.15. The molecule has 0 aliphatic rings. The average molecular weight is 254 g/mol. The summed E-state index contributed by atoms with van der Waals surface area (Å²) < 4.78 is 52.8. The third kappa shape index (κ3) is 4.47. The van der Waals surface area contributed by atoms with Gasteiger partial charge in [0.05, 0.1) is 18.1 Å². The molecule has 0 fully saturated rings. The first-order valence-corrected chi connectivity index (χ1v) is 5.58. The van der Waals surface area contributed by atoms with Gasteiger partial charge in [0, 0.05) is 11.8 Å². The lowest BCUT2D eigenvalue weighted by Gasteiger charge is -2.09. The van der Waals surface area contributed by atoms with E-state index in [0.717, 1.165) is 12.3 Å². The van der Waals surface area contributed by atoms with Gasteiger partial charge in [-0.15, -0.1) is 13.2 Å². The van der Waals surface area contributed by atoms with Gasteiger partial charge in [0.15, 0.2) is 0 Å². The van der Waals surface area contributed by atoms with Crippen LogP contribution in [0.3, 0.4) is 0 Å². The van der Waals surface area contributed by atoms with Crippen molar-refractivity contribution in [3.8, 4) is 5.75 Å². The highest BCUT2D eigenvalue weighted by Gasteiger charge is 2.31. The van der Waals surface area contributed by atoms with Gasteiger partial charge in [0.2, 0.25) is 0 Å². The van der Waals surface area contributed by atoms with Crippen LogP contribution in [0.1, 0.15) is 6.92 Å². The minimum atomic E-state index is -4.76. The average Bonchev–Trinajstić information content (AvgIpc) is 2.15. The van der Waals surface area contributed by atoms with E-state index in [1.54, 1.807) is 6.92 Å². The molecule has 4 nitrogen and oxygen atoms in total. The number of alkyl halides is 3. The highest BCUT2D eigenvalue weighted by Crippen LogP contribution is 2.23. The highest BCUT2D eigenvalue weighted by molar-refractivity contribution is 7.86. The van der Waals surface area contributed by atoms with Gasteiger partial charge in [-0.25, -0.2) is 4.21 Å². The van der Waals surface area contributed by atoms with E-state index in [2.05, 4.69) is 14.4 Å². The van der Waals surface area contributed by atoms with Crippen LogP contribution in [0, 0.1) is 0 Å². The Kier molecular flexibility index (Phi) is 4.11. The van der Waals surface area contributed by atoms with Crippen molar-refractivity contribution in [2.24, 2.45) is 0 Å². The number of anilines is 1. The summed E-state index contributed by atoms with van der Waals surface area (Å²) in [5, 5.41) is 0. The summed E-state index contributed by atoms with van der Waals surface area (Å²) in [4.78, 5) is 3.53. The van der Waals surface area contributed by atoms with Crippen molar-refractivity contribution in [2.45, 2.75) is 13.3 Å². The lowest BCUT2D eigenvalue weighted by molar-refractivity contribution is -0.274. The number of ether oxygens (including phenoxy) is 1. The van der Waals surface area contributed by atoms with E-state index in [1.165, 1.54) is 6.20 Å². The minimum absolute atomic E-state index is 0.210. The van der Waals surface area contributed by atoms with E-state index in [0.29, 0.717) is 5.75 Å². The zero-order valence-electron chi connectivity index (χ0n) is 8.25. The number of rotatable bonds is 4. The van der Waals surface area contributed by atoms with Crippen molar-refractivity contribution in [3.63, 3.8) is 0 Å². The Labute approximate surface area is 92.4 Å². The molecule has 0 bridgehead atoms. The van der Waals surface area contributed by atoms with Crippen molar-refractivity contribution < 1.29 is 22.1 Å². The van der Waals surface area contributed by atoms with Crippen molar-refractivity contribution in [3.05, 3.63) is 18.5 Å². The van der Waals surface area contributed by atoms with Crippen LogP contribution in [0.5, 0.6) is 5.75 Å². The van der Waals surface area contributed by atoms with Crippen LogP contribution in [-0.2, 0) is 11.0 Å². The highest BCUT2D eigenvalue weighted by atomic mass is 32.2. The van der Waals surface area contributed by atoms with Crippen LogP contribution in [-0.4, -0.2) is 21.3 Å². The second-order valence-electron chi connectivity index (χ2n) is 2.69. The first kappa shape index (κ1) is 12.8. The molecule has 1 aromatic rings. The molecule has 1 unspecified atom stereocenters. The number of nitrogens with zero attached hydrogens (tertiary/aromatic N) is 1. The Balaban J connectivity index is 2.75. The Morgan fingerprint density at radius 1 is 1.50 bits per heavy atom. The summed E-state index contributed by atoms with van der Waals surface area (Å²) in [6.07, 6.45) is -2.57. The molecule has 1 aromatic heterocycles. The summed E-state index contributed by atoms with van der Waals surface area (Å²) in [6.45, 7) is 1.67. The Hall–Kier alpha value is -1.31. The third-order valence-electron chi connectivity index (χ3n) is 1.44. The van der Waals surface area contributed by atoms with E-state index >= 15 is 0 Å². The molecule has 1 heterocycles. The van der Waals surface area contributed by atoms with Crippen LogP contribution in [0.25, 0.3) is 0 Å². The molecule has 0 saturated heterocycles. The van der Waals surface area contributed by atoms with Gasteiger partial charge in [-0.3, -0.25) is 4.98 Å². The molecule has 1 atom stereocenters. The Morgan fingerprint density at radius 3 is 2.75 bits per heavy atom. The molecule has 0 saturated carbocycles. The Bertz CT molecular complexity index is 384. The fourth-order valence-electron chi connectivity index (χ4n) is 0.868. The monoisotopic (exact) mass is 254 g/mol. The van der Waals surface area contributed by atoms with Crippen LogP contribution in [0.2, 0.25) is 0 Å². The summed E-state index contributed by atoms with van der Waals surface area (Å²) in [5.41, 5.74) is 0.210. The maximum absolute atomic E-state index is 11.9. The van der Waals surface area contributed by atoms with Crippen LogP contribution in [0.4, 0.5) is 18.9 Å². The topological polar surface area (TPSA) is 51.2 Å². The SMILES string of the molecule is CCS(=O)Nc1cncc(OC(F)(F)F)c1. The van der Waals surface area contributed by atoms with E-state index < -0.39 is 23.1 Å². The molecule has 16 heavy (non-hydrogen) atoms. The molecule has 0 amide bonds. The summed E-state index contributed by atoms with van der Waals surface area (Å²) in [7, 11) is -1.34. The number of pyridine rings is 1. The molecular weight excluding hydrogens is 245 g/mol. The zero-order valence-corrected chi connectivity index (χ0v) is 9.06. The first-order chi connectivity index (χ1) is 7.40. The van der Waals surface area contributed by atoms with Gasteiger partial charge >= 0.3 is 6.36 Å². The molecule has 0 aliphatic carbocycles. The van der Waals surface area contributed by atoms with Crippen molar-refractivity contribution in [1.82, 2.24) is 4.98 Å². The number of aromatic nitrogens is 1. The van der Waals surface area contributed by atoms with Crippen LogP contribution < -0.4 is 9.46 Å². The van der Waals surface area contributed by atoms with E-state index in [4.69, 9.17) is 0 Å². The number of hydrogen-bond donors (Lipinski definition) is 1. The van der Waals surface area contributed by atoms with Crippen LogP contribution >= 0.6 is 0 Å². The predicted molar refractivity (Wildman–Crippen MR) is 53.2 cm³/mol. The summed E-state index contributed by atoms with van der Waals surface area (Å²) >= 11 is 0. The van der Waals surface area contributed by atoms with Gasteiger partial charge in [0.1, 0.15) is 16.7 Å². The molecule has 0 aliphatic heterocycles. The minimum Gasteiger partial charge on any atom is -0.404 e. The zero-order chi connectivity index (χ0) is 12.2. The van der Waals surface area contributed by atoms with Crippen molar-refractivity contribution in [2.75, 3.05) is 10.5 Å².